The van der Waals surface area contributed by atoms with E-state index in [1.165, 1.54) is 12.8 Å². The molecule has 0 bridgehead atoms. The second-order valence-electron chi connectivity index (χ2n) is 7.53. The van der Waals surface area contributed by atoms with E-state index < -0.39 is 11.6 Å². The number of piperidine rings is 1. The van der Waals surface area contributed by atoms with Crippen molar-refractivity contribution in [3.8, 4) is 0 Å². The van der Waals surface area contributed by atoms with Gasteiger partial charge in [-0.1, -0.05) is 13.8 Å². The summed E-state index contributed by atoms with van der Waals surface area (Å²) in [6.07, 6.45) is 5.38. The number of aliphatic hydroxyl groups is 1. The van der Waals surface area contributed by atoms with Crippen LogP contribution in [0.25, 0.3) is 0 Å². The molecule has 0 aromatic carbocycles. The molecule has 120 valence electrons. The number of carbonyl (C=O) groups is 2. The number of hydrogen-bond donors (Lipinski definition) is 2. The van der Waals surface area contributed by atoms with Gasteiger partial charge in [0.25, 0.3) is 0 Å². The third-order valence-electron chi connectivity index (χ3n) is 5.26. The first-order valence-corrected chi connectivity index (χ1v) is 7.95. The summed E-state index contributed by atoms with van der Waals surface area (Å²) in [6, 6.07) is 0. The average molecular weight is 297 g/mol. The van der Waals surface area contributed by atoms with Crippen molar-refractivity contribution >= 4 is 11.9 Å². The Balaban J connectivity index is 1.79. The molecule has 1 aliphatic heterocycles. The van der Waals surface area contributed by atoms with Crippen LogP contribution in [0.4, 0.5) is 0 Å². The van der Waals surface area contributed by atoms with E-state index in [2.05, 4.69) is 13.8 Å². The predicted molar refractivity (Wildman–Crippen MR) is 78.8 cm³/mol. The van der Waals surface area contributed by atoms with Crippen molar-refractivity contribution in [1.82, 2.24) is 4.90 Å². The van der Waals surface area contributed by atoms with E-state index in [4.69, 9.17) is 5.11 Å². The van der Waals surface area contributed by atoms with Gasteiger partial charge in [0.15, 0.2) is 5.60 Å². The van der Waals surface area contributed by atoms with Gasteiger partial charge in [-0.25, -0.2) is 4.79 Å². The van der Waals surface area contributed by atoms with Gasteiger partial charge in [0.05, 0.1) is 0 Å². The van der Waals surface area contributed by atoms with E-state index >= 15 is 0 Å². The zero-order valence-electron chi connectivity index (χ0n) is 13.1. The Labute approximate surface area is 126 Å². The van der Waals surface area contributed by atoms with Gasteiger partial charge in [-0.15, -0.1) is 0 Å². The molecule has 2 rings (SSSR count). The maximum Gasteiger partial charge on any atom is 0.335 e. The Morgan fingerprint density at radius 1 is 1.10 bits per heavy atom. The highest BCUT2D eigenvalue weighted by Gasteiger charge is 2.40. The quantitative estimate of drug-likeness (QED) is 0.835. The number of rotatable bonds is 3. The summed E-state index contributed by atoms with van der Waals surface area (Å²) < 4.78 is 0. The molecule has 21 heavy (non-hydrogen) atoms. The minimum Gasteiger partial charge on any atom is -0.479 e. The number of nitrogens with zero attached hydrogens (tertiary/aromatic N) is 1. The highest BCUT2D eigenvalue weighted by atomic mass is 16.4. The fourth-order valence-electron chi connectivity index (χ4n) is 3.38. The molecule has 2 N–H and O–H groups in total. The zero-order chi connectivity index (χ0) is 15.7. The topological polar surface area (TPSA) is 77.8 Å². The first-order valence-electron chi connectivity index (χ1n) is 7.95. The Kier molecular flexibility index (Phi) is 4.61. The van der Waals surface area contributed by atoms with Gasteiger partial charge >= 0.3 is 5.97 Å². The maximum absolute atomic E-state index is 12.3. The zero-order valence-corrected chi connectivity index (χ0v) is 13.1. The molecule has 0 aromatic heterocycles. The molecule has 1 saturated carbocycles. The average Bonchev–Trinajstić information content (AvgIpc) is 2.42. The fourth-order valence-corrected chi connectivity index (χ4v) is 3.38. The number of likely N-dealkylation sites (tertiary alicyclic amines) is 1. The lowest BCUT2D eigenvalue weighted by Crippen LogP contribution is -2.51. The summed E-state index contributed by atoms with van der Waals surface area (Å²) in [4.78, 5) is 25.0. The number of aliphatic carboxylic acids is 1. The van der Waals surface area contributed by atoms with Gasteiger partial charge in [0.1, 0.15) is 0 Å². The summed E-state index contributed by atoms with van der Waals surface area (Å²) >= 11 is 0. The Hall–Kier alpha value is -1.10. The molecule has 1 heterocycles. The molecule has 0 atom stereocenters. The van der Waals surface area contributed by atoms with Crippen LogP contribution in [0.1, 0.15) is 58.8 Å². The summed E-state index contributed by atoms with van der Waals surface area (Å²) in [5.74, 6) is -0.595. The normalized spacial score (nSPS) is 25.6. The van der Waals surface area contributed by atoms with Gasteiger partial charge in [0.2, 0.25) is 5.91 Å². The first kappa shape index (κ1) is 16.3. The maximum atomic E-state index is 12.3. The molecule has 0 spiro atoms. The Morgan fingerprint density at radius 2 is 1.62 bits per heavy atom. The molecule has 2 fully saturated rings. The highest BCUT2D eigenvalue weighted by molar-refractivity contribution is 5.79. The molecule has 1 amide bonds. The third-order valence-corrected chi connectivity index (χ3v) is 5.26. The van der Waals surface area contributed by atoms with Crippen LogP contribution in [-0.4, -0.2) is 45.7 Å². The summed E-state index contributed by atoms with van der Waals surface area (Å²) in [6.45, 7) is 5.25. The molecular weight excluding hydrogens is 270 g/mol. The van der Waals surface area contributed by atoms with Gasteiger partial charge in [-0.05, 0) is 37.0 Å². The van der Waals surface area contributed by atoms with Crippen molar-refractivity contribution in [3.63, 3.8) is 0 Å². The van der Waals surface area contributed by atoms with Crippen molar-refractivity contribution in [3.05, 3.63) is 0 Å². The van der Waals surface area contributed by atoms with E-state index in [1.807, 2.05) is 0 Å². The Morgan fingerprint density at radius 3 is 2.10 bits per heavy atom. The van der Waals surface area contributed by atoms with E-state index in [1.54, 1.807) is 4.90 Å². The van der Waals surface area contributed by atoms with E-state index in [0.29, 0.717) is 30.8 Å². The van der Waals surface area contributed by atoms with E-state index in [-0.39, 0.29) is 18.7 Å². The van der Waals surface area contributed by atoms with Crippen molar-refractivity contribution in [2.24, 2.45) is 11.3 Å². The smallest absolute Gasteiger partial charge is 0.335 e. The second-order valence-corrected chi connectivity index (χ2v) is 7.53. The van der Waals surface area contributed by atoms with Crippen molar-refractivity contribution in [1.29, 1.82) is 0 Å². The van der Waals surface area contributed by atoms with Crippen LogP contribution in [0.2, 0.25) is 0 Å². The molecule has 1 aliphatic carbocycles. The van der Waals surface area contributed by atoms with Gasteiger partial charge in [0, 0.05) is 32.4 Å². The number of carboxylic acids is 1. The van der Waals surface area contributed by atoms with Gasteiger partial charge in [-0.2, -0.15) is 0 Å². The van der Waals surface area contributed by atoms with Crippen molar-refractivity contribution in [2.45, 2.75) is 64.4 Å². The van der Waals surface area contributed by atoms with Crippen LogP contribution in [0, 0.1) is 11.3 Å². The van der Waals surface area contributed by atoms with Crippen molar-refractivity contribution < 1.29 is 19.8 Å². The molecular formula is C16H27NO4. The highest BCUT2D eigenvalue weighted by Crippen LogP contribution is 2.39. The standard InChI is InChI=1S/C16H27NO4/c1-15(2)5-3-12(4-6-15)11-13(18)17-9-7-16(21,8-10-17)14(19)20/h12,21H,3-11H2,1-2H3,(H,19,20). The third kappa shape index (κ3) is 3.96. The SMILES string of the molecule is CC1(C)CCC(CC(=O)N2CCC(O)(C(=O)O)CC2)CC1. The van der Waals surface area contributed by atoms with E-state index in [0.717, 1.165) is 12.8 Å². The first-order chi connectivity index (χ1) is 9.72. The number of hydrogen-bond acceptors (Lipinski definition) is 3. The van der Waals surface area contributed by atoms with Crippen LogP contribution >= 0.6 is 0 Å². The lowest BCUT2D eigenvalue weighted by Gasteiger charge is -2.37. The summed E-state index contributed by atoms with van der Waals surface area (Å²) in [5, 5.41) is 18.9. The van der Waals surface area contributed by atoms with Crippen LogP contribution in [0.3, 0.4) is 0 Å². The molecule has 0 unspecified atom stereocenters. The monoisotopic (exact) mass is 297 g/mol. The van der Waals surface area contributed by atoms with Gasteiger partial charge < -0.3 is 15.1 Å². The largest absolute Gasteiger partial charge is 0.479 e. The minimum atomic E-state index is -1.65. The minimum absolute atomic E-state index is 0.118. The Bertz CT molecular complexity index is 401. The van der Waals surface area contributed by atoms with Gasteiger partial charge in [-0.3, -0.25) is 4.79 Å². The van der Waals surface area contributed by atoms with Crippen LogP contribution < -0.4 is 0 Å². The number of amides is 1. The van der Waals surface area contributed by atoms with Crippen LogP contribution in [0.5, 0.6) is 0 Å². The summed E-state index contributed by atoms with van der Waals surface area (Å²) in [7, 11) is 0. The molecule has 0 aromatic rings. The predicted octanol–water partition coefficient (Wildman–Crippen LogP) is 2.03. The van der Waals surface area contributed by atoms with Crippen molar-refractivity contribution in [2.75, 3.05) is 13.1 Å². The lowest BCUT2D eigenvalue weighted by molar-refractivity contribution is -0.165. The fraction of sp³-hybridized carbons (Fsp3) is 0.875. The molecule has 5 nitrogen and oxygen atoms in total. The second kappa shape index (κ2) is 5.95. The van der Waals surface area contributed by atoms with E-state index in [9.17, 15) is 14.7 Å². The molecule has 2 aliphatic rings. The van der Waals surface area contributed by atoms with Crippen LogP contribution in [-0.2, 0) is 9.59 Å². The molecule has 5 heteroatoms. The molecule has 1 saturated heterocycles. The lowest BCUT2D eigenvalue weighted by atomic mass is 9.72. The number of carboxylic acid groups (broad SMARTS) is 1. The number of carbonyl (C=O) groups excluding carboxylic acids is 1. The van der Waals surface area contributed by atoms with Crippen LogP contribution in [0.15, 0.2) is 0 Å². The molecule has 0 radical (unpaired) electrons. The summed E-state index contributed by atoms with van der Waals surface area (Å²) in [5.41, 5.74) is -1.24.